The van der Waals surface area contributed by atoms with E-state index >= 15 is 0 Å². The molecule has 0 unspecified atom stereocenters. The van der Waals surface area contributed by atoms with Crippen LogP contribution in [-0.4, -0.2) is 45.9 Å². The van der Waals surface area contributed by atoms with Crippen molar-refractivity contribution >= 4 is 18.0 Å². The smallest absolute Gasteiger partial charge is 0.331 e. The second-order valence-corrected chi connectivity index (χ2v) is 4.03. The summed E-state index contributed by atoms with van der Waals surface area (Å²) in [6, 6.07) is 7.25. The van der Waals surface area contributed by atoms with Crippen molar-refractivity contribution in [2.24, 2.45) is 0 Å². The Balaban J connectivity index is 2.39. The van der Waals surface area contributed by atoms with Gasteiger partial charge in [-0.1, -0.05) is 18.2 Å². The Hall–Kier alpha value is -2.34. The summed E-state index contributed by atoms with van der Waals surface area (Å²) in [7, 11) is 3.09. The molecule has 21 heavy (non-hydrogen) atoms. The lowest BCUT2D eigenvalue weighted by molar-refractivity contribution is -0.143. The average Bonchev–Trinajstić information content (AvgIpc) is 2.51. The van der Waals surface area contributed by atoms with Gasteiger partial charge in [0.1, 0.15) is 5.75 Å². The van der Waals surface area contributed by atoms with Crippen LogP contribution in [0.2, 0.25) is 0 Å². The summed E-state index contributed by atoms with van der Waals surface area (Å²) in [5.74, 6) is -0.312. The molecule has 0 aliphatic carbocycles. The van der Waals surface area contributed by atoms with Crippen molar-refractivity contribution in [3.05, 3.63) is 35.9 Å². The number of carbonyl (C=O) groups excluding carboxylic acids is 2. The van der Waals surface area contributed by atoms with E-state index in [4.69, 9.17) is 14.2 Å². The van der Waals surface area contributed by atoms with Crippen LogP contribution in [0, 0.1) is 0 Å². The first-order valence-electron chi connectivity index (χ1n) is 6.41. The monoisotopic (exact) mass is 293 g/mol. The third-order valence-electron chi connectivity index (χ3n) is 2.51. The summed E-state index contributed by atoms with van der Waals surface area (Å²) in [6.45, 7) is 0.468. The standard InChI is InChI=1S/C15H19NO5/c1-19-10-9-16-14(17)11-21-15(18)8-7-12-5-3-4-6-13(12)20-2/h3-8H,9-11H2,1-2H3,(H,16,17)/b8-7+. The Labute approximate surface area is 123 Å². The molecule has 0 radical (unpaired) electrons. The number of amides is 1. The first kappa shape index (κ1) is 16.7. The molecule has 1 aromatic carbocycles. The molecule has 6 nitrogen and oxygen atoms in total. The number of esters is 1. The molecular weight excluding hydrogens is 274 g/mol. The molecule has 6 heteroatoms. The highest BCUT2D eigenvalue weighted by atomic mass is 16.5. The largest absolute Gasteiger partial charge is 0.496 e. The molecule has 1 rings (SSSR count). The Morgan fingerprint density at radius 1 is 1.24 bits per heavy atom. The highest BCUT2D eigenvalue weighted by Crippen LogP contribution is 2.18. The zero-order chi connectivity index (χ0) is 15.5. The van der Waals surface area contributed by atoms with Crippen LogP contribution in [0.3, 0.4) is 0 Å². The minimum Gasteiger partial charge on any atom is -0.496 e. The molecule has 114 valence electrons. The predicted molar refractivity (Wildman–Crippen MR) is 77.9 cm³/mol. The van der Waals surface area contributed by atoms with Gasteiger partial charge in [-0.15, -0.1) is 0 Å². The normalized spacial score (nSPS) is 10.4. The van der Waals surface area contributed by atoms with Gasteiger partial charge in [0.15, 0.2) is 6.61 Å². The highest BCUT2D eigenvalue weighted by Gasteiger charge is 2.04. The number of methoxy groups -OCH3 is 2. The van der Waals surface area contributed by atoms with Gasteiger partial charge in [-0.05, 0) is 12.1 Å². The molecule has 0 atom stereocenters. The predicted octanol–water partition coefficient (Wildman–Crippen LogP) is 1.01. The molecule has 0 heterocycles. The topological polar surface area (TPSA) is 73.9 Å². The van der Waals surface area contributed by atoms with Crippen molar-refractivity contribution < 1.29 is 23.8 Å². The third kappa shape index (κ3) is 6.58. The zero-order valence-electron chi connectivity index (χ0n) is 12.1. The zero-order valence-corrected chi connectivity index (χ0v) is 12.1. The summed E-state index contributed by atoms with van der Waals surface area (Å²) in [5, 5.41) is 2.55. The SMILES string of the molecule is COCCNC(=O)COC(=O)/C=C/c1ccccc1OC. The number of para-hydroxylation sites is 1. The molecule has 0 saturated heterocycles. The van der Waals surface area contributed by atoms with Crippen molar-refractivity contribution in [2.75, 3.05) is 34.0 Å². The van der Waals surface area contributed by atoms with E-state index in [0.717, 1.165) is 5.56 Å². The summed E-state index contributed by atoms with van der Waals surface area (Å²) in [4.78, 5) is 22.8. The van der Waals surface area contributed by atoms with E-state index in [0.29, 0.717) is 18.9 Å². The van der Waals surface area contributed by atoms with Crippen LogP contribution in [0.15, 0.2) is 30.3 Å². The van der Waals surface area contributed by atoms with E-state index in [1.54, 1.807) is 25.3 Å². The lowest BCUT2D eigenvalue weighted by atomic mass is 10.2. The van der Waals surface area contributed by atoms with Crippen LogP contribution < -0.4 is 10.1 Å². The molecule has 1 amide bonds. The number of benzene rings is 1. The Kier molecular flexibility index (Phi) is 7.60. The van der Waals surface area contributed by atoms with E-state index in [-0.39, 0.29) is 12.5 Å². The molecule has 0 bridgehead atoms. The van der Waals surface area contributed by atoms with Crippen LogP contribution in [0.25, 0.3) is 6.08 Å². The van der Waals surface area contributed by atoms with E-state index in [9.17, 15) is 9.59 Å². The fourth-order valence-electron chi connectivity index (χ4n) is 1.49. The Bertz CT molecular complexity index is 499. The van der Waals surface area contributed by atoms with E-state index in [1.165, 1.54) is 13.2 Å². The second kappa shape index (κ2) is 9.55. The summed E-state index contributed by atoms with van der Waals surface area (Å²) in [6.07, 6.45) is 2.82. The average molecular weight is 293 g/mol. The van der Waals surface area contributed by atoms with E-state index in [2.05, 4.69) is 5.32 Å². The quantitative estimate of drug-likeness (QED) is 0.440. The summed E-state index contributed by atoms with van der Waals surface area (Å²) < 4.78 is 14.7. The lowest BCUT2D eigenvalue weighted by Crippen LogP contribution is -2.31. The number of rotatable bonds is 8. The van der Waals surface area contributed by atoms with Gasteiger partial charge in [-0.3, -0.25) is 4.79 Å². The first-order chi connectivity index (χ1) is 10.2. The maximum Gasteiger partial charge on any atom is 0.331 e. The molecule has 0 spiro atoms. The minimum atomic E-state index is -0.595. The van der Waals surface area contributed by atoms with Crippen molar-refractivity contribution in [1.82, 2.24) is 5.32 Å². The fraction of sp³-hybridized carbons (Fsp3) is 0.333. The highest BCUT2D eigenvalue weighted by molar-refractivity contribution is 5.89. The van der Waals surface area contributed by atoms with Gasteiger partial charge in [0.25, 0.3) is 5.91 Å². The molecule has 1 N–H and O–H groups in total. The molecule has 0 aliphatic heterocycles. The minimum absolute atomic E-state index is 0.321. The number of nitrogens with one attached hydrogen (secondary N) is 1. The Morgan fingerprint density at radius 2 is 2.00 bits per heavy atom. The summed E-state index contributed by atoms with van der Waals surface area (Å²) >= 11 is 0. The van der Waals surface area contributed by atoms with Gasteiger partial charge < -0.3 is 19.5 Å². The van der Waals surface area contributed by atoms with Crippen LogP contribution in [-0.2, 0) is 19.1 Å². The van der Waals surface area contributed by atoms with Crippen LogP contribution in [0.1, 0.15) is 5.56 Å². The van der Waals surface area contributed by atoms with Gasteiger partial charge in [-0.2, -0.15) is 0 Å². The first-order valence-corrected chi connectivity index (χ1v) is 6.41. The fourth-order valence-corrected chi connectivity index (χ4v) is 1.49. The number of hydrogen-bond acceptors (Lipinski definition) is 5. The van der Waals surface area contributed by atoms with Crippen molar-refractivity contribution in [3.8, 4) is 5.75 Å². The lowest BCUT2D eigenvalue weighted by Gasteiger charge is -2.05. The van der Waals surface area contributed by atoms with Gasteiger partial charge in [0, 0.05) is 25.3 Å². The number of ether oxygens (including phenoxy) is 3. The maximum absolute atomic E-state index is 11.5. The maximum atomic E-state index is 11.5. The summed E-state index contributed by atoms with van der Waals surface area (Å²) in [5.41, 5.74) is 0.751. The Morgan fingerprint density at radius 3 is 2.71 bits per heavy atom. The molecule has 0 aromatic heterocycles. The van der Waals surface area contributed by atoms with Crippen LogP contribution in [0.4, 0.5) is 0 Å². The van der Waals surface area contributed by atoms with Gasteiger partial charge in [-0.25, -0.2) is 4.79 Å². The molecule has 0 fully saturated rings. The third-order valence-corrected chi connectivity index (χ3v) is 2.51. The number of hydrogen-bond donors (Lipinski definition) is 1. The molecule has 0 aliphatic rings. The van der Waals surface area contributed by atoms with E-state index < -0.39 is 5.97 Å². The van der Waals surface area contributed by atoms with Crippen molar-refractivity contribution in [3.63, 3.8) is 0 Å². The molecule has 1 aromatic rings. The number of carbonyl (C=O) groups is 2. The van der Waals surface area contributed by atoms with Gasteiger partial charge >= 0.3 is 5.97 Å². The van der Waals surface area contributed by atoms with E-state index in [1.807, 2.05) is 12.1 Å². The molecule has 0 saturated carbocycles. The van der Waals surface area contributed by atoms with Crippen LogP contribution >= 0.6 is 0 Å². The molecular formula is C15H19NO5. The van der Waals surface area contributed by atoms with Gasteiger partial charge in [0.05, 0.1) is 13.7 Å². The second-order valence-electron chi connectivity index (χ2n) is 4.03. The van der Waals surface area contributed by atoms with Crippen molar-refractivity contribution in [1.29, 1.82) is 0 Å². The van der Waals surface area contributed by atoms with Gasteiger partial charge in [0.2, 0.25) is 0 Å². The van der Waals surface area contributed by atoms with Crippen LogP contribution in [0.5, 0.6) is 5.75 Å². The van der Waals surface area contributed by atoms with Crippen molar-refractivity contribution in [2.45, 2.75) is 0 Å².